The van der Waals surface area contributed by atoms with Crippen LogP contribution in [0.5, 0.6) is 0 Å². The molecular weight excluding hydrogens is 344 g/mol. The molecule has 0 aromatic heterocycles. The number of ketones is 1. The van der Waals surface area contributed by atoms with Gasteiger partial charge in [-0.25, -0.2) is 0 Å². The second kappa shape index (κ2) is 11.8. The van der Waals surface area contributed by atoms with Crippen LogP contribution in [0, 0.1) is 11.8 Å². The summed E-state index contributed by atoms with van der Waals surface area (Å²) < 4.78 is 12.1. The molecule has 156 valence electrons. The fourth-order valence-electron chi connectivity index (χ4n) is 4.80. The van der Waals surface area contributed by atoms with Gasteiger partial charge in [0.05, 0.1) is 13.2 Å². The third-order valence-corrected chi connectivity index (χ3v) is 6.28. The van der Waals surface area contributed by atoms with E-state index in [-0.39, 0.29) is 6.42 Å². The van der Waals surface area contributed by atoms with Crippen LogP contribution in [-0.4, -0.2) is 35.9 Å². The standard InChI is InChI=1S/C22H38O5/c1-2-3-6-9-19(23)13-12-18-14-15-22(26-16-17-27-22)20(18)10-7-4-5-8-11-21(24)25/h18,20H,2-17H2,1H3,(H,24,25)/t18-,20+/m0/s1. The number of unbranched alkanes of at least 4 members (excludes halogenated alkanes) is 5. The van der Waals surface area contributed by atoms with E-state index in [1.165, 1.54) is 0 Å². The van der Waals surface area contributed by atoms with E-state index >= 15 is 0 Å². The van der Waals surface area contributed by atoms with Gasteiger partial charge in [-0.2, -0.15) is 0 Å². The van der Waals surface area contributed by atoms with E-state index < -0.39 is 11.8 Å². The van der Waals surface area contributed by atoms with Gasteiger partial charge in [-0.15, -0.1) is 0 Å². The average molecular weight is 383 g/mol. The highest BCUT2D eigenvalue weighted by atomic mass is 16.7. The Labute approximate surface area is 164 Å². The van der Waals surface area contributed by atoms with Crippen molar-refractivity contribution < 1.29 is 24.2 Å². The van der Waals surface area contributed by atoms with E-state index in [1.807, 2.05) is 0 Å². The summed E-state index contributed by atoms with van der Waals surface area (Å²) in [5.74, 6) is 0.184. The molecule has 1 saturated heterocycles. The summed E-state index contributed by atoms with van der Waals surface area (Å²) in [5, 5.41) is 8.73. The van der Waals surface area contributed by atoms with Crippen LogP contribution < -0.4 is 0 Å². The molecule has 2 rings (SSSR count). The quantitative estimate of drug-likeness (QED) is 0.423. The molecule has 0 aromatic rings. The highest BCUT2D eigenvalue weighted by Gasteiger charge is 2.51. The summed E-state index contributed by atoms with van der Waals surface area (Å²) in [6.45, 7) is 3.52. The molecule has 1 N–H and O–H groups in total. The Morgan fingerprint density at radius 3 is 2.33 bits per heavy atom. The molecule has 5 heteroatoms. The molecule has 0 radical (unpaired) electrons. The smallest absolute Gasteiger partial charge is 0.303 e. The maximum absolute atomic E-state index is 12.2. The largest absolute Gasteiger partial charge is 0.481 e. The number of Topliss-reactive ketones (excluding diaryl/α,β-unsaturated/α-hetero) is 1. The lowest BCUT2D eigenvalue weighted by atomic mass is 9.84. The van der Waals surface area contributed by atoms with E-state index in [1.54, 1.807) is 0 Å². The van der Waals surface area contributed by atoms with Crippen molar-refractivity contribution in [3.05, 3.63) is 0 Å². The van der Waals surface area contributed by atoms with Crippen LogP contribution in [-0.2, 0) is 19.1 Å². The zero-order chi connectivity index (χ0) is 19.5. The minimum atomic E-state index is -0.707. The van der Waals surface area contributed by atoms with Gasteiger partial charge in [-0.3, -0.25) is 9.59 Å². The van der Waals surface area contributed by atoms with E-state index in [4.69, 9.17) is 14.6 Å². The maximum atomic E-state index is 12.2. The first-order valence-electron chi connectivity index (χ1n) is 11.1. The van der Waals surface area contributed by atoms with Gasteiger partial charge in [0.25, 0.3) is 0 Å². The van der Waals surface area contributed by atoms with Crippen molar-refractivity contribution in [2.24, 2.45) is 11.8 Å². The monoisotopic (exact) mass is 382 g/mol. The Morgan fingerprint density at radius 2 is 1.63 bits per heavy atom. The van der Waals surface area contributed by atoms with Crippen molar-refractivity contribution in [3.8, 4) is 0 Å². The average Bonchev–Trinajstić information content (AvgIpc) is 3.24. The Kier molecular flexibility index (Phi) is 9.77. The predicted molar refractivity (Wildman–Crippen MR) is 105 cm³/mol. The van der Waals surface area contributed by atoms with Crippen molar-refractivity contribution in [1.29, 1.82) is 0 Å². The van der Waals surface area contributed by atoms with Crippen LogP contribution >= 0.6 is 0 Å². The van der Waals surface area contributed by atoms with Crippen molar-refractivity contribution in [2.75, 3.05) is 13.2 Å². The van der Waals surface area contributed by atoms with Gasteiger partial charge in [0.1, 0.15) is 5.78 Å². The van der Waals surface area contributed by atoms with Crippen LogP contribution in [0.4, 0.5) is 0 Å². The number of aliphatic carboxylic acids is 1. The molecule has 2 atom stereocenters. The van der Waals surface area contributed by atoms with Gasteiger partial charge in [0.15, 0.2) is 5.79 Å². The van der Waals surface area contributed by atoms with Crippen molar-refractivity contribution in [2.45, 2.75) is 103 Å². The molecule has 2 aliphatic rings. The number of rotatable bonds is 14. The van der Waals surface area contributed by atoms with Gasteiger partial charge in [-0.1, -0.05) is 39.0 Å². The number of hydrogen-bond donors (Lipinski definition) is 1. The third-order valence-electron chi connectivity index (χ3n) is 6.28. The topological polar surface area (TPSA) is 72.8 Å². The molecule has 1 aliphatic carbocycles. The lowest BCUT2D eigenvalue weighted by Crippen LogP contribution is -2.36. The molecule has 27 heavy (non-hydrogen) atoms. The van der Waals surface area contributed by atoms with E-state index in [0.717, 1.165) is 77.0 Å². The summed E-state index contributed by atoms with van der Waals surface area (Å²) in [6, 6.07) is 0. The van der Waals surface area contributed by atoms with Crippen LogP contribution in [0.2, 0.25) is 0 Å². The van der Waals surface area contributed by atoms with Gasteiger partial charge in [0, 0.05) is 31.6 Å². The maximum Gasteiger partial charge on any atom is 0.303 e. The first-order chi connectivity index (χ1) is 13.1. The lowest BCUT2D eigenvalue weighted by molar-refractivity contribution is -0.188. The summed E-state index contributed by atoms with van der Waals surface area (Å²) in [5.41, 5.74) is 0. The number of ether oxygens (including phenoxy) is 2. The highest BCUT2D eigenvalue weighted by molar-refractivity contribution is 5.78. The van der Waals surface area contributed by atoms with Gasteiger partial charge in [0.2, 0.25) is 0 Å². The molecule has 1 aliphatic heterocycles. The van der Waals surface area contributed by atoms with Gasteiger partial charge < -0.3 is 14.6 Å². The number of carboxylic acids is 1. The van der Waals surface area contributed by atoms with Crippen molar-refractivity contribution >= 4 is 11.8 Å². The fourth-order valence-corrected chi connectivity index (χ4v) is 4.80. The minimum absolute atomic E-state index is 0.266. The zero-order valence-corrected chi connectivity index (χ0v) is 17.0. The fraction of sp³-hybridized carbons (Fsp3) is 0.909. The van der Waals surface area contributed by atoms with Crippen LogP contribution in [0.3, 0.4) is 0 Å². The summed E-state index contributed by atoms with van der Waals surface area (Å²) >= 11 is 0. The highest BCUT2D eigenvalue weighted by Crippen LogP contribution is 2.49. The van der Waals surface area contributed by atoms with E-state index in [0.29, 0.717) is 37.3 Å². The van der Waals surface area contributed by atoms with Crippen LogP contribution in [0.1, 0.15) is 96.8 Å². The molecule has 5 nitrogen and oxygen atoms in total. The molecular formula is C22H38O5. The van der Waals surface area contributed by atoms with Gasteiger partial charge >= 0.3 is 5.97 Å². The molecule has 0 bridgehead atoms. The summed E-state index contributed by atoms with van der Waals surface area (Å²) in [7, 11) is 0. The number of hydrogen-bond acceptors (Lipinski definition) is 4. The Balaban J connectivity index is 1.77. The Hall–Kier alpha value is -0.940. The molecule has 2 fully saturated rings. The Morgan fingerprint density at radius 1 is 0.926 bits per heavy atom. The first-order valence-corrected chi connectivity index (χ1v) is 11.1. The zero-order valence-electron chi connectivity index (χ0n) is 17.0. The molecule has 1 heterocycles. The third kappa shape index (κ3) is 7.19. The molecule has 1 saturated carbocycles. The van der Waals surface area contributed by atoms with Crippen LogP contribution in [0.25, 0.3) is 0 Å². The normalized spacial score (nSPS) is 23.9. The molecule has 0 unspecified atom stereocenters. The number of carboxylic acid groups (broad SMARTS) is 1. The van der Waals surface area contributed by atoms with E-state index in [9.17, 15) is 9.59 Å². The Bertz CT molecular complexity index is 456. The number of carbonyl (C=O) groups excluding carboxylic acids is 1. The minimum Gasteiger partial charge on any atom is -0.481 e. The second-order valence-corrected chi connectivity index (χ2v) is 8.30. The SMILES string of the molecule is CCCCCC(=O)CC[C@H]1CCC2(OCCO2)[C@@H]1CCCCCCC(=O)O. The molecule has 1 spiro atoms. The van der Waals surface area contributed by atoms with Crippen molar-refractivity contribution in [1.82, 2.24) is 0 Å². The summed E-state index contributed by atoms with van der Waals surface area (Å²) in [6.07, 6.45) is 12.9. The summed E-state index contributed by atoms with van der Waals surface area (Å²) in [4.78, 5) is 22.8. The number of carbonyl (C=O) groups is 2. The molecule has 0 aromatic carbocycles. The van der Waals surface area contributed by atoms with Gasteiger partial charge in [-0.05, 0) is 38.0 Å². The lowest BCUT2D eigenvalue weighted by Gasteiger charge is -2.32. The second-order valence-electron chi connectivity index (χ2n) is 8.30. The molecule has 0 amide bonds. The predicted octanol–water partition coefficient (Wildman–Crippen LogP) is 5.11. The first kappa shape index (κ1) is 22.4. The van der Waals surface area contributed by atoms with Crippen molar-refractivity contribution in [3.63, 3.8) is 0 Å². The van der Waals surface area contributed by atoms with E-state index in [2.05, 4.69) is 6.92 Å². The van der Waals surface area contributed by atoms with Crippen LogP contribution in [0.15, 0.2) is 0 Å².